The molecule has 0 fully saturated rings. The Balaban J connectivity index is 2.59. The van der Waals surface area contributed by atoms with Crippen LogP contribution in [0.5, 0.6) is 0 Å². The highest BCUT2D eigenvalue weighted by atomic mass is 16.5. The molecule has 1 aromatic rings. The van der Waals surface area contributed by atoms with Crippen molar-refractivity contribution in [1.29, 1.82) is 0 Å². The first kappa shape index (κ1) is 13.8. The van der Waals surface area contributed by atoms with Crippen molar-refractivity contribution >= 4 is 5.78 Å². The van der Waals surface area contributed by atoms with Crippen LogP contribution in [-0.2, 0) is 22.5 Å². The van der Waals surface area contributed by atoms with Gasteiger partial charge in [0.15, 0.2) is 0 Å². The van der Waals surface area contributed by atoms with Gasteiger partial charge in [-0.25, -0.2) is 9.67 Å². The lowest BCUT2D eigenvalue weighted by atomic mass is 10.00. The summed E-state index contributed by atoms with van der Waals surface area (Å²) in [6.45, 7) is 6.68. The molecule has 0 radical (unpaired) electrons. The fourth-order valence-electron chi connectivity index (χ4n) is 1.61. The van der Waals surface area contributed by atoms with Gasteiger partial charge in [-0.3, -0.25) is 4.79 Å². The average Bonchev–Trinajstić information content (AvgIpc) is 2.65. The molecule has 0 unspecified atom stereocenters. The summed E-state index contributed by atoms with van der Waals surface area (Å²) in [5, 5.41) is 4.10. The largest absolute Gasteiger partial charge is 0.378 e. The van der Waals surface area contributed by atoms with Crippen molar-refractivity contribution in [2.45, 2.75) is 52.2 Å². The van der Waals surface area contributed by atoms with Gasteiger partial charge < -0.3 is 4.74 Å². The molecular weight excluding hydrogens is 218 g/mol. The molecule has 17 heavy (non-hydrogen) atoms. The first-order valence-electron chi connectivity index (χ1n) is 5.92. The zero-order valence-electron chi connectivity index (χ0n) is 11.1. The van der Waals surface area contributed by atoms with E-state index < -0.39 is 5.60 Å². The standard InChI is InChI=1S/C12H21N3O2/c1-5-6-15-11(13-9-14-15)7-10(16)8-12(2,3)17-4/h9H,5-8H2,1-4H3. The SMILES string of the molecule is CCCn1ncnc1CC(=O)CC(C)(C)OC. The van der Waals surface area contributed by atoms with Gasteiger partial charge in [0.25, 0.3) is 0 Å². The van der Waals surface area contributed by atoms with Crippen LogP contribution in [0, 0.1) is 0 Å². The summed E-state index contributed by atoms with van der Waals surface area (Å²) in [5.41, 5.74) is -0.410. The minimum atomic E-state index is -0.410. The van der Waals surface area contributed by atoms with E-state index in [2.05, 4.69) is 17.0 Å². The Bertz CT molecular complexity index is 372. The van der Waals surface area contributed by atoms with Crippen LogP contribution in [0.3, 0.4) is 0 Å². The quantitative estimate of drug-likeness (QED) is 0.725. The lowest BCUT2D eigenvalue weighted by molar-refractivity contribution is -0.123. The topological polar surface area (TPSA) is 57.0 Å². The number of ether oxygens (including phenoxy) is 1. The number of aryl methyl sites for hydroxylation is 1. The molecule has 1 rings (SSSR count). The third-order valence-corrected chi connectivity index (χ3v) is 2.66. The maximum Gasteiger partial charge on any atom is 0.143 e. The van der Waals surface area contributed by atoms with Crippen LogP contribution >= 0.6 is 0 Å². The first-order valence-corrected chi connectivity index (χ1v) is 5.92. The van der Waals surface area contributed by atoms with Crippen LogP contribution in [0.4, 0.5) is 0 Å². The molecule has 0 aliphatic heterocycles. The molecule has 96 valence electrons. The van der Waals surface area contributed by atoms with Crippen molar-refractivity contribution in [2.75, 3.05) is 7.11 Å². The Morgan fingerprint density at radius 2 is 2.24 bits per heavy atom. The summed E-state index contributed by atoms with van der Waals surface area (Å²) in [6.07, 6.45) is 3.20. The smallest absolute Gasteiger partial charge is 0.143 e. The second-order valence-corrected chi connectivity index (χ2v) is 4.76. The molecule has 0 saturated carbocycles. The number of ketones is 1. The maximum atomic E-state index is 11.9. The van der Waals surface area contributed by atoms with Crippen LogP contribution in [0.25, 0.3) is 0 Å². The van der Waals surface area contributed by atoms with Crippen molar-refractivity contribution in [1.82, 2.24) is 14.8 Å². The summed E-state index contributed by atoms with van der Waals surface area (Å²) < 4.78 is 7.03. The average molecular weight is 239 g/mol. The van der Waals surface area contributed by atoms with Crippen LogP contribution in [-0.4, -0.2) is 33.3 Å². The Kier molecular flexibility index (Phi) is 4.81. The Morgan fingerprint density at radius 3 is 2.82 bits per heavy atom. The molecule has 0 N–H and O–H groups in total. The van der Waals surface area contributed by atoms with Gasteiger partial charge in [0.1, 0.15) is 17.9 Å². The molecule has 0 aliphatic rings. The van der Waals surface area contributed by atoms with Gasteiger partial charge in [0.05, 0.1) is 12.0 Å². The molecular formula is C12H21N3O2. The third-order valence-electron chi connectivity index (χ3n) is 2.66. The van der Waals surface area contributed by atoms with Gasteiger partial charge in [-0.2, -0.15) is 5.10 Å². The predicted molar refractivity (Wildman–Crippen MR) is 64.7 cm³/mol. The van der Waals surface area contributed by atoms with Crippen molar-refractivity contribution in [3.05, 3.63) is 12.2 Å². The molecule has 0 atom stereocenters. The zero-order chi connectivity index (χ0) is 12.9. The van der Waals surface area contributed by atoms with E-state index in [9.17, 15) is 4.79 Å². The summed E-state index contributed by atoms with van der Waals surface area (Å²) in [5.74, 6) is 0.867. The Morgan fingerprint density at radius 1 is 1.53 bits per heavy atom. The van der Waals surface area contributed by atoms with Gasteiger partial charge in [-0.1, -0.05) is 6.92 Å². The van der Waals surface area contributed by atoms with Crippen LogP contribution in [0.2, 0.25) is 0 Å². The minimum Gasteiger partial charge on any atom is -0.378 e. The number of hydrogen-bond acceptors (Lipinski definition) is 4. The number of Topliss-reactive ketones (excluding diaryl/α,β-unsaturated/α-hetero) is 1. The van der Waals surface area contributed by atoms with E-state index in [1.165, 1.54) is 6.33 Å². The van der Waals surface area contributed by atoms with Gasteiger partial charge in [0.2, 0.25) is 0 Å². The molecule has 0 bridgehead atoms. The van der Waals surface area contributed by atoms with Gasteiger partial charge in [-0.15, -0.1) is 0 Å². The molecule has 0 aliphatic carbocycles. The lowest BCUT2D eigenvalue weighted by Gasteiger charge is -2.21. The molecule has 0 saturated heterocycles. The van der Waals surface area contributed by atoms with E-state index in [-0.39, 0.29) is 5.78 Å². The first-order chi connectivity index (χ1) is 7.98. The van der Waals surface area contributed by atoms with E-state index in [1.807, 2.05) is 13.8 Å². The second kappa shape index (κ2) is 5.91. The lowest BCUT2D eigenvalue weighted by Crippen LogP contribution is -2.27. The van der Waals surface area contributed by atoms with Crippen LogP contribution in [0.15, 0.2) is 6.33 Å². The number of rotatable bonds is 7. The molecule has 1 aromatic heterocycles. The predicted octanol–water partition coefficient (Wildman–Crippen LogP) is 1.61. The van der Waals surface area contributed by atoms with Crippen molar-refractivity contribution < 1.29 is 9.53 Å². The van der Waals surface area contributed by atoms with Crippen molar-refractivity contribution in [2.24, 2.45) is 0 Å². The summed E-state index contributed by atoms with van der Waals surface area (Å²) in [7, 11) is 1.62. The monoisotopic (exact) mass is 239 g/mol. The van der Waals surface area contributed by atoms with E-state index in [1.54, 1.807) is 11.8 Å². The molecule has 0 spiro atoms. The zero-order valence-corrected chi connectivity index (χ0v) is 11.1. The number of nitrogens with zero attached hydrogens (tertiary/aromatic N) is 3. The summed E-state index contributed by atoms with van der Waals surface area (Å²) in [4.78, 5) is 16.0. The maximum absolute atomic E-state index is 11.9. The Hall–Kier alpha value is -1.23. The molecule has 5 nitrogen and oxygen atoms in total. The number of methoxy groups -OCH3 is 1. The summed E-state index contributed by atoms with van der Waals surface area (Å²) in [6, 6.07) is 0. The fraction of sp³-hybridized carbons (Fsp3) is 0.750. The molecule has 5 heteroatoms. The normalized spacial score (nSPS) is 11.8. The van der Waals surface area contributed by atoms with Crippen molar-refractivity contribution in [3.63, 3.8) is 0 Å². The summed E-state index contributed by atoms with van der Waals surface area (Å²) >= 11 is 0. The number of aromatic nitrogens is 3. The molecule has 0 aromatic carbocycles. The van der Waals surface area contributed by atoms with Gasteiger partial charge >= 0.3 is 0 Å². The number of carbonyl (C=O) groups is 1. The number of hydrogen-bond donors (Lipinski definition) is 0. The minimum absolute atomic E-state index is 0.127. The number of carbonyl (C=O) groups excluding carboxylic acids is 1. The second-order valence-electron chi connectivity index (χ2n) is 4.76. The van der Waals surface area contributed by atoms with Crippen molar-refractivity contribution in [3.8, 4) is 0 Å². The Labute approximate surface area is 102 Å². The van der Waals surface area contributed by atoms with Crippen LogP contribution in [0.1, 0.15) is 39.4 Å². The van der Waals surface area contributed by atoms with E-state index in [4.69, 9.17) is 4.74 Å². The van der Waals surface area contributed by atoms with E-state index >= 15 is 0 Å². The third kappa shape index (κ3) is 4.26. The van der Waals surface area contributed by atoms with Gasteiger partial charge in [0, 0.05) is 20.1 Å². The molecule has 0 amide bonds. The highest BCUT2D eigenvalue weighted by Crippen LogP contribution is 2.14. The molecule has 1 heterocycles. The van der Waals surface area contributed by atoms with Gasteiger partial charge in [-0.05, 0) is 20.3 Å². The fourth-order valence-corrected chi connectivity index (χ4v) is 1.61. The van der Waals surface area contributed by atoms with Crippen LogP contribution < -0.4 is 0 Å². The van der Waals surface area contributed by atoms with E-state index in [0.717, 1.165) is 18.8 Å². The highest BCUT2D eigenvalue weighted by molar-refractivity contribution is 5.81. The highest BCUT2D eigenvalue weighted by Gasteiger charge is 2.22. The van der Waals surface area contributed by atoms with E-state index in [0.29, 0.717) is 12.8 Å².